The first-order chi connectivity index (χ1) is 18.9. The molecule has 3 aromatic rings. The molecule has 0 spiro atoms. The predicted molar refractivity (Wildman–Crippen MR) is 133 cm³/mol. The van der Waals surface area contributed by atoms with Gasteiger partial charge in [-0.2, -0.15) is 26.3 Å². The number of hydrogen-bond donors (Lipinski definition) is 2. The number of fused-ring (bicyclic) bond motifs is 1. The minimum atomic E-state index is -5.08. The Morgan fingerprint density at radius 3 is 1.73 bits per heavy atom. The SMILES string of the molecule is Cc1ccc2nc(C)c(C(=O)N3CCN(c4ccc(F)cc4)CC3)cc2c1.O=C(O)C(F)(F)F.O=C(O)C(F)(F)F. The zero-order valence-electron chi connectivity index (χ0n) is 21.6. The molecule has 222 valence electrons. The Hall–Kier alpha value is -4.43. The standard InChI is InChI=1S/C22H22FN3O.2C2HF3O2/c1-15-3-8-21-17(13-15)14-20(16(2)24-21)22(27)26-11-9-25(10-12-26)19-6-4-18(23)5-7-19;2*3-2(4,5)1(6)7/h3-8,13-14H,9-12H2,1-2H3;2*(H,6,7). The van der Waals surface area contributed by atoms with Gasteiger partial charge in [-0.15, -0.1) is 0 Å². The van der Waals surface area contributed by atoms with Gasteiger partial charge in [0.25, 0.3) is 5.91 Å². The van der Waals surface area contributed by atoms with Crippen molar-refractivity contribution in [2.75, 3.05) is 31.1 Å². The second-order valence-corrected chi connectivity index (χ2v) is 8.68. The summed E-state index contributed by atoms with van der Waals surface area (Å²) in [4.78, 5) is 39.5. The van der Waals surface area contributed by atoms with E-state index >= 15 is 0 Å². The molecule has 1 fully saturated rings. The number of piperazine rings is 1. The van der Waals surface area contributed by atoms with E-state index in [1.807, 2.05) is 36.9 Å². The second-order valence-electron chi connectivity index (χ2n) is 8.68. The van der Waals surface area contributed by atoms with Gasteiger partial charge in [-0.05, 0) is 56.3 Å². The summed E-state index contributed by atoms with van der Waals surface area (Å²) in [6, 6.07) is 14.6. The monoisotopic (exact) mass is 591 g/mol. The number of carboxylic acid groups (broad SMARTS) is 2. The van der Waals surface area contributed by atoms with Gasteiger partial charge < -0.3 is 20.0 Å². The number of alkyl halides is 6. The highest BCUT2D eigenvalue weighted by Gasteiger charge is 2.38. The van der Waals surface area contributed by atoms with E-state index in [0.717, 1.165) is 40.9 Å². The first kappa shape index (κ1) is 32.8. The largest absolute Gasteiger partial charge is 0.490 e. The van der Waals surface area contributed by atoms with Gasteiger partial charge >= 0.3 is 24.3 Å². The lowest BCUT2D eigenvalue weighted by Crippen LogP contribution is -2.49. The molecule has 2 N–H and O–H groups in total. The summed E-state index contributed by atoms with van der Waals surface area (Å²) in [5.41, 5.74) is 4.48. The normalized spacial score (nSPS) is 13.5. The van der Waals surface area contributed by atoms with Crippen LogP contribution in [0.3, 0.4) is 0 Å². The van der Waals surface area contributed by atoms with Crippen LogP contribution in [0.1, 0.15) is 21.6 Å². The fourth-order valence-electron chi connectivity index (χ4n) is 3.60. The van der Waals surface area contributed by atoms with E-state index in [1.54, 1.807) is 12.1 Å². The van der Waals surface area contributed by atoms with Crippen LogP contribution in [-0.2, 0) is 9.59 Å². The summed E-state index contributed by atoms with van der Waals surface area (Å²) in [6.07, 6.45) is -10.2. The van der Waals surface area contributed by atoms with Crippen molar-refractivity contribution >= 4 is 34.4 Å². The van der Waals surface area contributed by atoms with Gasteiger partial charge in [0, 0.05) is 37.3 Å². The Morgan fingerprint density at radius 1 is 0.780 bits per heavy atom. The van der Waals surface area contributed by atoms with Crippen molar-refractivity contribution in [2.45, 2.75) is 26.2 Å². The zero-order valence-corrected chi connectivity index (χ0v) is 21.6. The number of carbonyl (C=O) groups is 3. The fourth-order valence-corrected chi connectivity index (χ4v) is 3.60. The Bertz CT molecular complexity index is 1360. The number of pyridine rings is 1. The number of aryl methyl sites for hydroxylation is 2. The number of benzene rings is 2. The highest BCUT2D eigenvalue weighted by molar-refractivity contribution is 5.98. The molecule has 0 saturated carbocycles. The molecule has 2 aromatic carbocycles. The number of nitrogens with zero attached hydrogens (tertiary/aromatic N) is 3. The van der Waals surface area contributed by atoms with E-state index in [-0.39, 0.29) is 11.7 Å². The summed E-state index contributed by atoms with van der Waals surface area (Å²) in [7, 11) is 0. The molecular formula is C26H24F7N3O5. The summed E-state index contributed by atoms with van der Waals surface area (Å²) >= 11 is 0. The molecule has 15 heteroatoms. The maximum atomic E-state index is 13.1. The quantitative estimate of drug-likeness (QED) is 0.393. The number of rotatable bonds is 2. The summed E-state index contributed by atoms with van der Waals surface area (Å²) in [5.74, 6) is -5.72. The van der Waals surface area contributed by atoms with Gasteiger partial charge in [-0.25, -0.2) is 14.0 Å². The van der Waals surface area contributed by atoms with Crippen LogP contribution in [0.15, 0.2) is 48.5 Å². The van der Waals surface area contributed by atoms with Crippen molar-refractivity contribution < 1.29 is 55.3 Å². The Morgan fingerprint density at radius 2 is 1.27 bits per heavy atom. The van der Waals surface area contributed by atoms with E-state index in [4.69, 9.17) is 19.8 Å². The Balaban J connectivity index is 0.000000349. The molecule has 41 heavy (non-hydrogen) atoms. The van der Waals surface area contributed by atoms with Gasteiger partial charge in [-0.3, -0.25) is 9.78 Å². The first-order valence-electron chi connectivity index (χ1n) is 11.7. The molecular weight excluding hydrogens is 567 g/mol. The van der Waals surface area contributed by atoms with Gasteiger partial charge in [0.15, 0.2) is 0 Å². The van der Waals surface area contributed by atoms with Crippen molar-refractivity contribution in [3.05, 3.63) is 71.2 Å². The highest BCUT2D eigenvalue weighted by Crippen LogP contribution is 2.22. The first-order valence-corrected chi connectivity index (χ1v) is 11.7. The zero-order chi connectivity index (χ0) is 31.1. The van der Waals surface area contributed by atoms with Gasteiger partial charge in [0.2, 0.25) is 0 Å². The lowest BCUT2D eigenvalue weighted by atomic mass is 10.1. The summed E-state index contributed by atoms with van der Waals surface area (Å²) in [5, 5.41) is 15.2. The number of hydrogen-bond acceptors (Lipinski definition) is 5. The minimum absolute atomic E-state index is 0.0298. The topological polar surface area (TPSA) is 111 Å². The number of aliphatic carboxylic acids is 2. The average molecular weight is 591 g/mol. The summed E-state index contributed by atoms with van der Waals surface area (Å²) in [6.45, 7) is 6.67. The van der Waals surface area contributed by atoms with E-state index in [1.165, 1.54) is 12.1 Å². The van der Waals surface area contributed by atoms with E-state index in [9.17, 15) is 35.5 Å². The van der Waals surface area contributed by atoms with Crippen LogP contribution in [0.5, 0.6) is 0 Å². The molecule has 1 aliphatic rings. The van der Waals surface area contributed by atoms with E-state index < -0.39 is 24.3 Å². The maximum absolute atomic E-state index is 13.1. The van der Waals surface area contributed by atoms with Crippen LogP contribution >= 0.6 is 0 Å². The van der Waals surface area contributed by atoms with E-state index in [2.05, 4.69) is 16.0 Å². The number of aromatic nitrogens is 1. The molecule has 2 heterocycles. The van der Waals surface area contributed by atoms with Crippen molar-refractivity contribution in [3.8, 4) is 0 Å². The lowest BCUT2D eigenvalue weighted by Gasteiger charge is -2.36. The molecule has 1 saturated heterocycles. The molecule has 0 unspecified atom stereocenters. The molecule has 0 aliphatic carbocycles. The number of halogens is 7. The number of amides is 1. The van der Waals surface area contributed by atoms with Crippen LogP contribution in [0, 0.1) is 19.7 Å². The maximum Gasteiger partial charge on any atom is 0.490 e. The Kier molecular flexibility index (Phi) is 10.6. The van der Waals surface area contributed by atoms with Crippen molar-refractivity contribution in [2.24, 2.45) is 0 Å². The fraction of sp³-hybridized carbons (Fsp3) is 0.308. The molecule has 1 aromatic heterocycles. The minimum Gasteiger partial charge on any atom is -0.475 e. The highest BCUT2D eigenvalue weighted by atomic mass is 19.4. The molecule has 0 bridgehead atoms. The van der Waals surface area contributed by atoms with Gasteiger partial charge in [0.05, 0.1) is 16.8 Å². The van der Waals surface area contributed by atoms with Crippen molar-refractivity contribution in [1.82, 2.24) is 9.88 Å². The second kappa shape index (κ2) is 13.3. The van der Waals surface area contributed by atoms with Gasteiger partial charge in [0.1, 0.15) is 5.82 Å². The number of anilines is 1. The van der Waals surface area contributed by atoms with Crippen LogP contribution in [0.2, 0.25) is 0 Å². The number of carbonyl (C=O) groups excluding carboxylic acids is 1. The van der Waals surface area contributed by atoms with E-state index in [0.29, 0.717) is 18.7 Å². The molecule has 0 radical (unpaired) electrons. The summed E-state index contributed by atoms with van der Waals surface area (Å²) < 4.78 is 76.6. The van der Waals surface area contributed by atoms with Crippen LogP contribution in [0.4, 0.5) is 36.4 Å². The smallest absolute Gasteiger partial charge is 0.475 e. The van der Waals surface area contributed by atoms with Crippen molar-refractivity contribution in [3.63, 3.8) is 0 Å². The molecule has 8 nitrogen and oxygen atoms in total. The van der Waals surface area contributed by atoms with Crippen molar-refractivity contribution in [1.29, 1.82) is 0 Å². The van der Waals surface area contributed by atoms with Crippen LogP contribution < -0.4 is 4.90 Å². The van der Waals surface area contributed by atoms with Crippen LogP contribution in [-0.4, -0.2) is 76.5 Å². The average Bonchev–Trinajstić information content (AvgIpc) is 2.88. The molecule has 1 aliphatic heterocycles. The third-order valence-electron chi connectivity index (χ3n) is 5.63. The molecule has 1 amide bonds. The number of carboxylic acids is 2. The van der Waals surface area contributed by atoms with Gasteiger partial charge in [-0.1, -0.05) is 11.6 Å². The molecule has 4 rings (SSSR count). The third kappa shape index (κ3) is 9.61. The Labute approximate surface area is 228 Å². The van der Waals surface area contributed by atoms with Crippen LogP contribution in [0.25, 0.3) is 10.9 Å². The predicted octanol–water partition coefficient (Wildman–Crippen LogP) is 5.22. The lowest BCUT2D eigenvalue weighted by molar-refractivity contribution is -0.193. The molecule has 0 atom stereocenters. The third-order valence-corrected chi connectivity index (χ3v) is 5.63.